The quantitative estimate of drug-likeness (QED) is 0.829. The Hall–Kier alpha value is -2.67. The van der Waals surface area contributed by atoms with Gasteiger partial charge in [0.2, 0.25) is 0 Å². The molecule has 2 N–H and O–H groups in total. The molecule has 1 aromatic carbocycles. The second-order valence-corrected chi connectivity index (χ2v) is 6.13. The van der Waals surface area contributed by atoms with Gasteiger partial charge >= 0.3 is 5.97 Å². The van der Waals surface area contributed by atoms with Crippen LogP contribution in [-0.4, -0.2) is 52.7 Å². The number of H-pyrrole nitrogens is 1. The molecule has 0 unspecified atom stereocenters. The number of carboxylic acids is 1. The largest absolute Gasteiger partial charge is 0.481 e. The Bertz CT molecular complexity index is 839. The first-order valence-electron chi connectivity index (χ1n) is 8.29. The topological polar surface area (TPSA) is 99.7 Å². The van der Waals surface area contributed by atoms with Crippen molar-refractivity contribution in [2.24, 2.45) is 0 Å². The van der Waals surface area contributed by atoms with Gasteiger partial charge < -0.3 is 19.7 Å². The van der Waals surface area contributed by atoms with E-state index in [0.717, 1.165) is 12.8 Å². The van der Waals surface area contributed by atoms with Crippen LogP contribution in [0.5, 0.6) is 0 Å². The van der Waals surface area contributed by atoms with Gasteiger partial charge in [-0.25, -0.2) is 0 Å². The van der Waals surface area contributed by atoms with Crippen molar-refractivity contribution in [3.8, 4) is 0 Å². The summed E-state index contributed by atoms with van der Waals surface area (Å²) in [5, 5.41) is 10.1. The van der Waals surface area contributed by atoms with Gasteiger partial charge in [0.25, 0.3) is 11.5 Å². The minimum atomic E-state index is -0.975. The average molecular weight is 344 g/mol. The number of amides is 1. The minimum Gasteiger partial charge on any atom is -0.481 e. The highest BCUT2D eigenvalue weighted by Crippen LogP contribution is 2.16. The van der Waals surface area contributed by atoms with Gasteiger partial charge in [-0.1, -0.05) is 18.2 Å². The van der Waals surface area contributed by atoms with E-state index in [1.54, 1.807) is 30.3 Å². The lowest BCUT2D eigenvalue weighted by Gasteiger charge is -2.25. The molecule has 1 atom stereocenters. The van der Waals surface area contributed by atoms with Gasteiger partial charge in [0, 0.05) is 25.1 Å². The molecule has 1 fully saturated rings. The van der Waals surface area contributed by atoms with Gasteiger partial charge in [-0.15, -0.1) is 0 Å². The monoisotopic (exact) mass is 344 g/mol. The van der Waals surface area contributed by atoms with E-state index in [4.69, 9.17) is 9.84 Å². The number of nitrogens with one attached hydrogen (secondary N) is 1. The number of nitrogens with zero attached hydrogens (tertiary/aromatic N) is 1. The van der Waals surface area contributed by atoms with Crippen LogP contribution in [0, 0.1) is 0 Å². The van der Waals surface area contributed by atoms with Crippen LogP contribution in [0.15, 0.2) is 35.1 Å². The fourth-order valence-corrected chi connectivity index (χ4v) is 3.04. The highest BCUT2D eigenvalue weighted by atomic mass is 16.5. The second kappa shape index (κ2) is 7.48. The molecule has 3 rings (SSSR count). The smallest absolute Gasteiger partial charge is 0.305 e. The Balaban J connectivity index is 1.87. The Morgan fingerprint density at radius 3 is 2.84 bits per heavy atom. The van der Waals surface area contributed by atoms with Crippen LogP contribution in [0.25, 0.3) is 10.8 Å². The van der Waals surface area contributed by atoms with Gasteiger partial charge in [-0.2, -0.15) is 0 Å². The molecular formula is C18H20N2O5. The number of aliphatic carboxylic acids is 1. The van der Waals surface area contributed by atoms with Crippen LogP contribution in [0.4, 0.5) is 0 Å². The highest BCUT2D eigenvalue weighted by Gasteiger charge is 2.24. The SMILES string of the molecule is O=C(O)CCN(C[C@H]1CCCO1)C(=O)c1cc2ccccc2c(=O)[nH]1. The Kier molecular flexibility index (Phi) is 5.14. The number of aromatic nitrogens is 1. The van der Waals surface area contributed by atoms with Crippen molar-refractivity contribution in [2.75, 3.05) is 19.7 Å². The van der Waals surface area contributed by atoms with Gasteiger partial charge in [-0.3, -0.25) is 14.4 Å². The van der Waals surface area contributed by atoms with E-state index in [1.807, 2.05) is 0 Å². The van der Waals surface area contributed by atoms with E-state index in [0.29, 0.717) is 23.9 Å². The first-order chi connectivity index (χ1) is 12.0. The molecule has 0 bridgehead atoms. The highest BCUT2D eigenvalue weighted by molar-refractivity contribution is 5.96. The van der Waals surface area contributed by atoms with Crippen molar-refractivity contribution >= 4 is 22.6 Å². The number of benzene rings is 1. The Morgan fingerprint density at radius 2 is 2.12 bits per heavy atom. The summed E-state index contributed by atoms with van der Waals surface area (Å²) in [6.07, 6.45) is 1.52. The number of carboxylic acid groups (broad SMARTS) is 1. The van der Waals surface area contributed by atoms with Crippen molar-refractivity contribution in [3.63, 3.8) is 0 Å². The number of hydrogen-bond acceptors (Lipinski definition) is 4. The maximum atomic E-state index is 12.8. The predicted molar refractivity (Wildman–Crippen MR) is 91.7 cm³/mol. The number of carbonyl (C=O) groups excluding carboxylic acids is 1. The van der Waals surface area contributed by atoms with Crippen molar-refractivity contribution < 1.29 is 19.4 Å². The number of ether oxygens (including phenoxy) is 1. The molecule has 2 aromatic rings. The lowest BCUT2D eigenvalue weighted by atomic mass is 10.1. The molecule has 7 heteroatoms. The predicted octanol–water partition coefficient (Wildman–Crippen LogP) is 1.62. The summed E-state index contributed by atoms with van der Waals surface area (Å²) in [7, 11) is 0. The van der Waals surface area contributed by atoms with Crippen LogP contribution >= 0.6 is 0 Å². The zero-order valence-electron chi connectivity index (χ0n) is 13.7. The third-order valence-corrected chi connectivity index (χ3v) is 4.31. The van der Waals surface area contributed by atoms with Gasteiger partial charge in [0.15, 0.2) is 0 Å². The summed E-state index contributed by atoms with van der Waals surface area (Å²) in [6.45, 7) is 1.04. The summed E-state index contributed by atoms with van der Waals surface area (Å²) in [5.41, 5.74) is -0.177. The maximum Gasteiger partial charge on any atom is 0.305 e. The average Bonchev–Trinajstić information content (AvgIpc) is 3.11. The zero-order chi connectivity index (χ0) is 17.8. The van der Waals surface area contributed by atoms with E-state index in [2.05, 4.69) is 4.98 Å². The van der Waals surface area contributed by atoms with E-state index in [9.17, 15) is 14.4 Å². The number of hydrogen-bond donors (Lipinski definition) is 2. The third-order valence-electron chi connectivity index (χ3n) is 4.31. The zero-order valence-corrected chi connectivity index (χ0v) is 13.7. The second-order valence-electron chi connectivity index (χ2n) is 6.13. The van der Waals surface area contributed by atoms with Crippen LogP contribution in [0.3, 0.4) is 0 Å². The van der Waals surface area contributed by atoms with Crippen molar-refractivity contribution in [1.29, 1.82) is 0 Å². The molecule has 0 saturated carbocycles. The third kappa shape index (κ3) is 4.06. The molecule has 0 aliphatic carbocycles. The number of fused-ring (bicyclic) bond motifs is 1. The van der Waals surface area contributed by atoms with Crippen molar-refractivity contribution in [3.05, 3.63) is 46.4 Å². The summed E-state index contributed by atoms with van der Waals surface area (Å²) in [4.78, 5) is 40.0. The van der Waals surface area contributed by atoms with Gasteiger partial charge in [-0.05, 0) is 30.4 Å². The summed E-state index contributed by atoms with van der Waals surface area (Å²) < 4.78 is 5.56. The van der Waals surface area contributed by atoms with Gasteiger partial charge in [0.1, 0.15) is 5.69 Å². The van der Waals surface area contributed by atoms with E-state index < -0.39 is 5.97 Å². The fraction of sp³-hybridized carbons (Fsp3) is 0.389. The summed E-state index contributed by atoms with van der Waals surface area (Å²) in [5.74, 6) is -1.36. The molecule has 1 amide bonds. The number of rotatable bonds is 6. The molecule has 7 nitrogen and oxygen atoms in total. The Morgan fingerprint density at radius 1 is 1.32 bits per heavy atom. The molecule has 1 saturated heterocycles. The number of carbonyl (C=O) groups is 2. The van der Waals surface area contributed by atoms with E-state index >= 15 is 0 Å². The van der Waals surface area contributed by atoms with Crippen LogP contribution < -0.4 is 5.56 Å². The molecular weight excluding hydrogens is 324 g/mol. The molecule has 132 valence electrons. The molecule has 1 aliphatic rings. The molecule has 25 heavy (non-hydrogen) atoms. The lowest BCUT2D eigenvalue weighted by Crippen LogP contribution is -2.39. The summed E-state index contributed by atoms with van der Waals surface area (Å²) >= 11 is 0. The molecule has 2 heterocycles. The molecule has 1 aliphatic heterocycles. The Labute approximate surface area is 144 Å². The first-order valence-corrected chi connectivity index (χ1v) is 8.29. The molecule has 1 aromatic heterocycles. The minimum absolute atomic E-state index is 0.0723. The van der Waals surface area contributed by atoms with E-state index in [-0.39, 0.29) is 36.2 Å². The summed E-state index contributed by atoms with van der Waals surface area (Å²) in [6, 6.07) is 8.64. The molecule has 0 spiro atoms. The van der Waals surface area contributed by atoms with E-state index in [1.165, 1.54) is 4.90 Å². The number of aromatic amines is 1. The first kappa shape index (κ1) is 17.2. The standard InChI is InChI=1S/C18H20N2O5/c21-16(22)7-8-20(11-13-5-3-9-25-13)18(24)15-10-12-4-1-2-6-14(12)17(23)19-15/h1-2,4,6,10,13H,3,5,7-9,11H2,(H,19,23)(H,21,22)/t13-/m1/s1. The molecule has 0 radical (unpaired) electrons. The van der Waals surface area contributed by atoms with Gasteiger partial charge in [0.05, 0.1) is 12.5 Å². The maximum absolute atomic E-state index is 12.8. The lowest BCUT2D eigenvalue weighted by molar-refractivity contribution is -0.137. The van der Waals surface area contributed by atoms with Crippen LogP contribution in [0.2, 0.25) is 0 Å². The van der Waals surface area contributed by atoms with Crippen molar-refractivity contribution in [2.45, 2.75) is 25.4 Å². The van der Waals surface area contributed by atoms with Crippen LogP contribution in [-0.2, 0) is 9.53 Å². The fourth-order valence-electron chi connectivity index (χ4n) is 3.04. The normalized spacial score (nSPS) is 16.9. The van der Waals surface area contributed by atoms with Crippen molar-refractivity contribution in [1.82, 2.24) is 9.88 Å². The number of pyridine rings is 1. The van der Waals surface area contributed by atoms with Crippen LogP contribution in [0.1, 0.15) is 29.8 Å².